The molecule has 0 aliphatic carbocycles. The lowest BCUT2D eigenvalue weighted by Crippen LogP contribution is -2.23. The number of fused-ring (bicyclic) bond motifs is 3. The van der Waals surface area contributed by atoms with Gasteiger partial charge in [-0.25, -0.2) is 27.5 Å². The van der Waals surface area contributed by atoms with Crippen LogP contribution in [0.3, 0.4) is 0 Å². The highest BCUT2D eigenvalue weighted by molar-refractivity contribution is 5.92. The largest absolute Gasteiger partial charge is 0.497 e. The van der Waals surface area contributed by atoms with Crippen molar-refractivity contribution in [3.63, 3.8) is 0 Å². The summed E-state index contributed by atoms with van der Waals surface area (Å²) in [5.41, 5.74) is 0.565. The van der Waals surface area contributed by atoms with E-state index in [1.807, 2.05) is 0 Å². The van der Waals surface area contributed by atoms with Gasteiger partial charge in [-0.05, 0) is 12.1 Å². The molecule has 0 bridgehead atoms. The van der Waals surface area contributed by atoms with Gasteiger partial charge in [0.25, 0.3) is 0 Å². The quantitative estimate of drug-likeness (QED) is 0.791. The normalized spacial score (nSPS) is 16.2. The zero-order chi connectivity index (χ0) is 17.7. The van der Waals surface area contributed by atoms with E-state index in [2.05, 4.69) is 10.3 Å². The molecule has 0 saturated heterocycles. The van der Waals surface area contributed by atoms with E-state index in [0.717, 1.165) is 12.1 Å². The van der Waals surface area contributed by atoms with E-state index in [1.54, 1.807) is 0 Å². The van der Waals surface area contributed by atoms with E-state index >= 15 is 0 Å². The van der Waals surface area contributed by atoms with Crippen molar-refractivity contribution in [1.82, 2.24) is 14.9 Å². The highest BCUT2D eigenvalue weighted by Gasteiger charge is 2.33. The Bertz CT molecular complexity index is 993. The molecule has 25 heavy (non-hydrogen) atoms. The van der Waals surface area contributed by atoms with Crippen LogP contribution in [0.4, 0.5) is 18.0 Å². The maximum absolute atomic E-state index is 14.2. The third-order valence-electron chi connectivity index (χ3n) is 4.21. The van der Waals surface area contributed by atoms with Gasteiger partial charge in [-0.2, -0.15) is 0 Å². The van der Waals surface area contributed by atoms with Gasteiger partial charge in [0, 0.05) is 30.2 Å². The first-order chi connectivity index (χ1) is 12.0. The molecule has 3 aromatic rings. The fourth-order valence-corrected chi connectivity index (χ4v) is 3.03. The Morgan fingerprint density at radius 1 is 1.20 bits per heavy atom. The zero-order valence-corrected chi connectivity index (χ0v) is 13.0. The van der Waals surface area contributed by atoms with Crippen molar-refractivity contribution >= 4 is 17.1 Å². The number of amides is 1. The number of carbonyl (C=O) groups is 1. The molecule has 0 saturated carbocycles. The Hall–Kier alpha value is -3.03. The second kappa shape index (κ2) is 5.51. The molecule has 4 rings (SSSR count). The van der Waals surface area contributed by atoms with Crippen LogP contribution in [0.25, 0.3) is 11.0 Å². The molecular weight excluding hydrogens is 335 g/mol. The van der Waals surface area contributed by atoms with Gasteiger partial charge in [-0.15, -0.1) is 0 Å². The van der Waals surface area contributed by atoms with Gasteiger partial charge in [0.1, 0.15) is 29.0 Å². The third kappa shape index (κ3) is 2.41. The van der Waals surface area contributed by atoms with Crippen molar-refractivity contribution < 1.29 is 22.7 Å². The van der Waals surface area contributed by atoms with Gasteiger partial charge in [-0.3, -0.25) is 0 Å². The minimum absolute atomic E-state index is 0.0666. The lowest BCUT2D eigenvalue weighted by molar-refractivity contribution is 0.245. The topological polar surface area (TPSA) is 56.1 Å². The van der Waals surface area contributed by atoms with Crippen molar-refractivity contribution in [3.05, 3.63) is 59.2 Å². The number of nitrogens with one attached hydrogen (secondary N) is 1. The fraction of sp³-hybridized carbons (Fsp3) is 0.176. The predicted octanol–water partition coefficient (Wildman–Crippen LogP) is 3.32. The first kappa shape index (κ1) is 15.5. The maximum Gasteiger partial charge on any atom is 0.328 e. The van der Waals surface area contributed by atoms with Crippen LogP contribution < -0.4 is 10.1 Å². The van der Waals surface area contributed by atoms with Gasteiger partial charge in [0.2, 0.25) is 0 Å². The summed E-state index contributed by atoms with van der Waals surface area (Å²) >= 11 is 0. The lowest BCUT2D eigenvalue weighted by atomic mass is 10.0. The molecule has 1 aliphatic rings. The van der Waals surface area contributed by atoms with Crippen LogP contribution in [-0.4, -0.2) is 22.7 Å². The molecular formula is C17H12F3N3O2. The Morgan fingerprint density at radius 2 is 1.92 bits per heavy atom. The highest BCUT2D eigenvalue weighted by atomic mass is 19.1. The fourth-order valence-electron chi connectivity index (χ4n) is 3.03. The molecule has 1 atom stereocenters. The monoisotopic (exact) mass is 347 g/mol. The first-order valence-electron chi connectivity index (χ1n) is 7.48. The van der Waals surface area contributed by atoms with Crippen molar-refractivity contribution in [2.75, 3.05) is 7.11 Å². The summed E-state index contributed by atoms with van der Waals surface area (Å²) in [5.74, 6) is -1.69. The van der Waals surface area contributed by atoms with Crippen molar-refractivity contribution in [1.29, 1.82) is 0 Å². The minimum Gasteiger partial charge on any atom is -0.497 e. The number of nitrogens with zero attached hydrogens (tertiary/aromatic N) is 2. The standard InChI is InChI=1S/C17H12F3N3O2/c1-25-9-5-11(19)10(12(20)6-9)7-14-16-21-13-3-2-8(18)4-15(13)23(16)17(24)22-14/h2-6,14H,7H2,1H3,(H,22,24). The molecule has 0 spiro atoms. The number of hydrogen-bond acceptors (Lipinski definition) is 3. The molecule has 1 aliphatic heterocycles. The highest BCUT2D eigenvalue weighted by Crippen LogP contribution is 2.31. The van der Waals surface area contributed by atoms with Gasteiger partial charge in [0.05, 0.1) is 24.2 Å². The maximum atomic E-state index is 14.2. The van der Waals surface area contributed by atoms with Gasteiger partial charge in [0.15, 0.2) is 0 Å². The molecule has 5 nitrogen and oxygen atoms in total. The van der Waals surface area contributed by atoms with Gasteiger partial charge in [-0.1, -0.05) is 0 Å². The van der Waals surface area contributed by atoms with Crippen LogP contribution in [0.1, 0.15) is 17.4 Å². The van der Waals surface area contributed by atoms with Crippen molar-refractivity contribution in [2.45, 2.75) is 12.5 Å². The Balaban J connectivity index is 1.76. The molecule has 1 N–H and O–H groups in total. The number of rotatable bonds is 3. The van der Waals surface area contributed by atoms with E-state index in [1.165, 1.54) is 29.9 Å². The minimum atomic E-state index is -0.772. The molecule has 0 fully saturated rings. The van der Waals surface area contributed by atoms with Crippen LogP contribution in [0.2, 0.25) is 0 Å². The average Bonchev–Trinajstić information content (AvgIpc) is 3.08. The molecule has 1 unspecified atom stereocenters. The van der Waals surface area contributed by atoms with Crippen molar-refractivity contribution in [2.24, 2.45) is 0 Å². The lowest BCUT2D eigenvalue weighted by Gasteiger charge is -2.12. The van der Waals surface area contributed by atoms with Crippen LogP contribution in [0, 0.1) is 17.5 Å². The van der Waals surface area contributed by atoms with Crippen LogP contribution in [0.5, 0.6) is 5.75 Å². The number of halogens is 3. The molecule has 2 heterocycles. The zero-order valence-electron chi connectivity index (χ0n) is 13.0. The number of aromatic nitrogens is 2. The Labute approximate surface area is 140 Å². The number of imidazole rings is 1. The predicted molar refractivity (Wildman–Crippen MR) is 83.0 cm³/mol. The Morgan fingerprint density at radius 3 is 2.60 bits per heavy atom. The van der Waals surface area contributed by atoms with Crippen LogP contribution in [0.15, 0.2) is 30.3 Å². The van der Waals surface area contributed by atoms with Crippen LogP contribution in [-0.2, 0) is 6.42 Å². The summed E-state index contributed by atoms with van der Waals surface area (Å²) in [7, 11) is 1.31. The number of carbonyl (C=O) groups excluding carboxylic acids is 1. The molecule has 0 radical (unpaired) electrons. The summed E-state index contributed by atoms with van der Waals surface area (Å²) in [5, 5.41) is 2.62. The number of methoxy groups -OCH3 is 1. The summed E-state index contributed by atoms with van der Waals surface area (Å²) in [6.07, 6.45) is -0.126. The number of ether oxygens (including phenoxy) is 1. The summed E-state index contributed by atoms with van der Waals surface area (Å²) in [4.78, 5) is 16.5. The Kier molecular flexibility index (Phi) is 3.41. The molecule has 8 heteroatoms. The number of benzene rings is 2. The van der Waals surface area contributed by atoms with E-state index in [9.17, 15) is 18.0 Å². The second-order valence-corrected chi connectivity index (χ2v) is 5.71. The van der Waals surface area contributed by atoms with E-state index in [0.29, 0.717) is 16.9 Å². The molecule has 1 amide bonds. The van der Waals surface area contributed by atoms with E-state index < -0.39 is 29.5 Å². The van der Waals surface area contributed by atoms with Gasteiger partial charge >= 0.3 is 6.03 Å². The SMILES string of the molecule is COc1cc(F)c(CC2NC(=O)n3c2nc2ccc(F)cc23)c(F)c1. The third-order valence-corrected chi connectivity index (χ3v) is 4.21. The average molecular weight is 347 g/mol. The summed E-state index contributed by atoms with van der Waals surface area (Å²) < 4.78 is 47.8. The first-order valence-corrected chi connectivity index (χ1v) is 7.48. The molecule has 2 aromatic carbocycles. The second-order valence-electron chi connectivity index (χ2n) is 5.71. The van der Waals surface area contributed by atoms with Crippen LogP contribution >= 0.6 is 0 Å². The van der Waals surface area contributed by atoms with E-state index in [4.69, 9.17) is 4.74 Å². The number of hydrogen-bond donors (Lipinski definition) is 1. The van der Waals surface area contributed by atoms with Gasteiger partial charge < -0.3 is 10.1 Å². The smallest absolute Gasteiger partial charge is 0.328 e. The van der Waals surface area contributed by atoms with Crippen molar-refractivity contribution in [3.8, 4) is 5.75 Å². The summed E-state index contributed by atoms with van der Waals surface area (Å²) in [6.45, 7) is 0. The molecule has 1 aromatic heterocycles. The summed E-state index contributed by atoms with van der Waals surface area (Å²) in [6, 6.07) is 4.81. The van der Waals surface area contributed by atoms with E-state index in [-0.39, 0.29) is 17.7 Å². The molecule has 128 valence electrons.